The van der Waals surface area contributed by atoms with Gasteiger partial charge >= 0.3 is 5.97 Å². The topological polar surface area (TPSA) is 64.1 Å². The molecule has 5 heteroatoms. The zero-order valence-corrected chi connectivity index (χ0v) is 17.9. The van der Waals surface area contributed by atoms with E-state index in [1.54, 1.807) is 0 Å². The molecule has 2 rings (SSSR count). The van der Waals surface area contributed by atoms with Gasteiger partial charge in [0.2, 0.25) is 5.95 Å². The zero-order valence-electron chi connectivity index (χ0n) is 17.9. The van der Waals surface area contributed by atoms with Crippen LogP contribution in [-0.2, 0) is 15.6 Å². The summed E-state index contributed by atoms with van der Waals surface area (Å²) in [7, 11) is 0. The first-order valence-electron chi connectivity index (χ1n) is 9.24. The summed E-state index contributed by atoms with van der Waals surface area (Å²) in [5.74, 6) is 0.895. The predicted octanol–water partition coefficient (Wildman–Crippen LogP) is 5.36. The van der Waals surface area contributed by atoms with E-state index in [1.807, 2.05) is 32.0 Å². The second-order valence-corrected chi connectivity index (χ2v) is 9.09. The minimum Gasteiger partial charge on any atom is -0.426 e. The van der Waals surface area contributed by atoms with Crippen LogP contribution in [0.5, 0.6) is 5.75 Å². The molecule has 0 unspecified atom stereocenters. The number of benzene rings is 1. The number of anilines is 2. The van der Waals surface area contributed by atoms with Gasteiger partial charge in [-0.1, -0.05) is 41.5 Å². The number of hydrogen-bond acceptors (Lipinski definition) is 5. The van der Waals surface area contributed by atoms with E-state index in [2.05, 4.69) is 56.8 Å². The highest BCUT2D eigenvalue weighted by Gasteiger charge is 2.29. The number of esters is 1. The lowest BCUT2D eigenvalue weighted by molar-refractivity contribution is -0.132. The first-order valence-corrected chi connectivity index (χ1v) is 9.24. The maximum atomic E-state index is 11.8. The molecule has 1 heterocycles. The number of aromatic nitrogens is 2. The van der Waals surface area contributed by atoms with Crippen LogP contribution in [0.3, 0.4) is 0 Å². The lowest BCUT2D eigenvalue weighted by Crippen LogP contribution is -2.21. The minimum atomic E-state index is -0.315. The summed E-state index contributed by atoms with van der Waals surface area (Å²) in [5.41, 5.74) is 4.24. The number of hydrogen-bond donors (Lipinski definition) is 1. The molecule has 1 N–H and O–H groups in total. The van der Waals surface area contributed by atoms with Crippen LogP contribution in [0.2, 0.25) is 0 Å². The fourth-order valence-electron chi connectivity index (χ4n) is 2.98. The van der Waals surface area contributed by atoms with E-state index in [-0.39, 0.29) is 16.8 Å². The Kier molecular flexibility index (Phi) is 5.64. The van der Waals surface area contributed by atoms with Crippen LogP contribution in [0.15, 0.2) is 18.2 Å². The summed E-state index contributed by atoms with van der Waals surface area (Å²) in [5, 5.41) is 3.33. The molecule has 1 aromatic carbocycles. The zero-order chi connectivity index (χ0) is 20.6. The first kappa shape index (κ1) is 20.9. The normalized spacial score (nSPS) is 12.0. The first-order chi connectivity index (χ1) is 12.3. The average molecular weight is 370 g/mol. The molecule has 0 atom stereocenters. The highest BCUT2D eigenvalue weighted by Crippen LogP contribution is 2.42. The van der Waals surface area contributed by atoms with Gasteiger partial charge in [-0.05, 0) is 42.9 Å². The van der Waals surface area contributed by atoms with Gasteiger partial charge in [-0.15, -0.1) is 0 Å². The Morgan fingerprint density at radius 2 is 1.33 bits per heavy atom. The molecule has 1 aromatic heterocycles. The predicted molar refractivity (Wildman–Crippen MR) is 110 cm³/mol. The van der Waals surface area contributed by atoms with Crippen LogP contribution in [0, 0.1) is 13.8 Å². The number of aryl methyl sites for hydroxylation is 2. The van der Waals surface area contributed by atoms with Gasteiger partial charge in [-0.25, -0.2) is 9.97 Å². The molecule has 0 aliphatic rings. The number of ether oxygens (including phenoxy) is 1. The lowest BCUT2D eigenvalue weighted by Gasteiger charge is -2.30. The standard InChI is InChI=1S/C22H31N3O2/c1-13-10-14(2)24-20(23-13)25-16-11-17(21(4,5)6)19(27-15(3)26)18(12-16)22(7,8)9/h10-12H,1-9H3,(H,23,24,25). The third-order valence-electron chi connectivity index (χ3n) is 4.19. The highest BCUT2D eigenvalue weighted by atomic mass is 16.5. The van der Waals surface area contributed by atoms with Crippen molar-refractivity contribution in [3.05, 3.63) is 40.7 Å². The summed E-state index contributed by atoms with van der Waals surface area (Å²) in [6.45, 7) is 18.0. The monoisotopic (exact) mass is 369 g/mol. The van der Waals surface area contributed by atoms with E-state index < -0.39 is 0 Å². The molecule has 0 aliphatic heterocycles. The van der Waals surface area contributed by atoms with Crippen molar-refractivity contribution in [2.24, 2.45) is 0 Å². The number of rotatable bonds is 3. The number of carbonyl (C=O) groups is 1. The minimum absolute atomic E-state index is 0.203. The molecule has 0 saturated carbocycles. The fraction of sp³-hybridized carbons (Fsp3) is 0.500. The molecular formula is C22H31N3O2. The third kappa shape index (κ3) is 5.28. The van der Waals surface area contributed by atoms with Crippen molar-refractivity contribution in [2.75, 3.05) is 5.32 Å². The van der Waals surface area contributed by atoms with E-state index in [4.69, 9.17) is 4.74 Å². The molecule has 5 nitrogen and oxygen atoms in total. The van der Waals surface area contributed by atoms with Crippen LogP contribution in [0.1, 0.15) is 71.0 Å². The van der Waals surface area contributed by atoms with Gasteiger partial charge in [0.25, 0.3) is 0 Å². The molecular weight excluding hydrogens is 338 g/mol. The maximum Gasteiger partial charge on any atom is 0.308 e. The molecule has 0 radical (unpaired) electrons. The SMILES string of the molecule is CC(=O)Oc1c(C(C)(C)C)cc(Nc2nc(C)cc(C)n2)cc1C(C)(C)C. The number of carbonyl (C=O) groups excluding carboxylic acids is 1. The molecule has 0 fully saturated rings. The highest BCUT2D eigenvalue weighted by molar-refractivity contribution is 5.73. The quantitative estimate of drug-likeness (QED) is 0.583. The van der Waals surface area contributed by atoms with Crippen molar-refractivity contribution in [1.82, 2.24) is 9.97 Å². The summed E-state index contributed by atoms with van der Waals surface area (Å²) < 4.78 is 5.68. The molecule has 2 aromatic rings. The van der Waals surface area contributed by atoms with E-state index in [0.29, 0.717) is 11.7 Å². The number of nitrogens with zero attached hydrogens (tertiary/aromatic N) is 2. The van der Waals surface area contributed by atoms with Crippen LogP contribution in [0.4, 0.5) is 11.6 Å². The van der Waals surface area contributed by atoms with Gasteiger partial charge in [0.05, 0.1) is 0 Å². The molecule has 0 amide bonds. The maximum absolute atomic E-state index is 11.8. The Labute approximate surface area is 162 Å². The van der Waals surface area contributed by atoms with Crippen LogP contribution in [0.25, 0.3) is 0 Å². The Balaban J connectivity index is 2.67. The van der Waals surface area contributed by atoms with Crippen molar-refractivity contribution in [2.45, 2.75) is 73.1 Å². The Morgan fingerprint density at radius 1 is 0.889 bits per heavy atom. The van der Waals surface area contributed by atoms with Crippen LogP contribution in [-0.4, -0.2) is 15.9 Å². The molecule has 27 heavy (non-hydrogen) atoms. The number of nitrogens with one attached hydrogen (secondary N) is 1. The summed E-state index contributed by atoms with van der Waals surface area (Å²) in [6.07, 6.45) is 0. The van der Waals surface area contributed by atoms with Crippen LogP contribution >= 0.6 is 0 Å². The van der Waals surface area contributed by atoms with Crippen molar-refractivity contribution in [1.29, 1.82) is 0 Å². The summed E-state index contributed by atoms with van der Waals surface area (Å²) >= 11 is 0. The second kappa shape index (κ2) is 7.29. The van der Waals surface area contributed by atoms with Gasteiger partial charge < -0.3 is 10.1 Å². The van der Waals surface area contributed by atoms with Gasteiger partial charge in [-0.2, -0.15) is 0 Å². The third-order valence-corrected chi connectivity index (χ3v) is 4.19. The van der Waals surface area contributed by atoms with Gasteiger partial charge in [-0.3, -0.25) is 4.79 Å². The van der Waals surface area contributed by atoms with Crippen LogP contribution < -0.4 is 10.1 Å². The van der Waals surface area contributed by atoms with Crippen molar-refractivity contribution in [3.63, 3.8) is 0 Å². The molecule has 0 aliphatic carbocycles. The molecule has 0 saturated heterocycles. The van der Waals surface area contributed by atoms with Crippen molar-refractivity contribution >= 4 is 17.6 Å². The smallest absolute Gasteiger partial charge is 0.308 e. The van der Waals surface area contributed by atoms with E-state index in [0.717, 1.165) is 28.2 Å². The molecule has 146 valence electrons. The second-order valence-electron chi connectivity index (χ2n) is 9.09. The Bertz CT molecular complexity index is 804. The lowest BCUT2D eigenvalue weighted by atomic mass is 9.79. The van der Waals surface area contributed by atoms with E-state index in [9.17, 15) is 4.79 Å². The van der Waals surface area contributed by atoms with Gasteiger partial charge in [0, 0.05) is 35.1 Å². The van der Waals surface area contributed by atoms with Crippen molar-refractivity contribution < 1.29 is 9.53 Å². The Morgan fingerprint density at radius 3 is 1.70 bits per heavy atom. The molecule has 0 spiro atoms. The van der Waals surface area contributed by atoms with E-state index in [1.165, 1.54) is 6.92 Å². The van der Waals surface area contributed by atoms with Gasteiger partial charge in [0.1, 0.15) is 5.75 Å². The molecule has 0 bridgehead atoms. The van der Waals surface area contributed by atoms with E-state index >= 15 is 0 Å². The van der Waals surface area contributed by atoms with Crippen molar-refractivity contribution in [3.8, 4) is 5.75 Å². The fourth-order valence-corrected chi connectivity index (χ4v) is 2.98. The Hall–Kier alpha value is -2.43. The largest absolute Gasteiger partial charge is 0.426 e. The van der Waals surface area contributed by atoms with Gasteiger partial charge in [0.15, 0.2) is 0 Å². The summed E-state index contributed by atoms with van der Waals surface area (Å²) in [4.78, 5) is 20.7. The average Bonchev–Trinajstić information content (AvgIpc) is 2.44. The summed E-state index contributed by atoms with van der Waals surface area (Å²) in [6, 6.07) is 5.99.